The van der Waals surface area contributed by atoms with Crippen LogP contribution in [-0.4, -0.2) is 46.3 Å². The highest BCUT2D eigenvalue weighted by atomic mass is 16.5. The van der Waals surface area contributed by atoms with Crippen LogP contribution in [0.25, 0.3) is 0 Å². The molecule has 0 spiro atoms. The largest absolute Gasteiger partial charge is 0.383 e. The van der Waals surface area contributed by atoms with Gasteiger partial charge in [0.1, 0.15) is 0 Å². The maximum atomic E-state index is 12.4. The van der Waals surface area contributed by atoms with E-state index in [0.717, 1.165) is 18.4 Å². The molecule has 1 aliphatic carbocycles. The maximum absolute atomic E-state index is 12.4. The Morgan fingerprint density at radius 2 is 2.38 bits per heavy atom. The zero-order valence-electron chi connectivity index (χ0n) is 13.6. The molecule has 8 heteroatoms. The molecule has 0 unspecified atom stereocenters. The third kappa shape index (κ3) is 4.51. The van der Waals surface area contributed by atoms with Crippen molar-refractivity contribution in [2.75, 3.05) is 20.3 Å². The molecule has 24 heavy (non-hydrogen) atoms. The average molecular weight is 331 g/mol. The van der Waals surface area contributed by atoms with Crippen molar-refractivity contribution in [1.29, 1.82) is 0 Å². The summed E-state index contributed by atoms with van der Waals surface area (Å²) in [6, 6.07) is 3.58. The van der Waals surface area contributed by atoms with Gasteiger partial charge in [0.2, 0.25) is 5.89 Å². The number of amides is 2. The SMILES string of the molecule is COCCN(Cc1cccnc1)C(=O)NCc1noc(C2CC2)n1. The van der Waals surface area contributed by atoms with Gasteiger partial charge in [0.15, 0.2) is 5.82 Å². The Morgan fingerprint density at radius 1 is 1.50 bits per heavy atom. The van der Waals surface area contributed by atoms with Crippen molar-refractivity contribution in [3.63, 3.8) is 0 Å². The second-order valence-electron chi connectivity index (χ2n) is 5.76. The first-order chi connectivity index (χ1) is 11.8. The van der Waals surface area contributed by atoms with Crippen LogP contribution in [0.2, 0.25) is 0 Å². The first-order valence-electron chi connectivity index (χ1n) is 7.99. The van der Waals surface area contributed by atoms with Crippen LogP contribution in [0.5, 0.6) is 0 Å². The molecule has 0 bridgehead atoms. The maximum Gasteiger partial charge on any atom is 0.318 e. The van der Waals surface area contributed by atoms with Gasteiger partial charge in [0.05, 0.1) is 13.2 Å². The molecule has 8 nitrogen and oxygen atoms in total. The van der Waals surface area contributed by atoms with Gasteiger partial charge in [-0.25, -0.2) is 4.79 Å². The lowest BCUT2D eigenvalue weighted by molar-refractivity contribution is 0.146. The average Bonchev–Trinajstić information content (AvgIpc) is 3.36. The summed E-state index contributed by atoms with van der Waals surface area (Å²) in [5.74, 6) is 1.58. The molecule has 2 aromatic rings. The number of pyridine rings is 1. The number of aromatic nitrogens is 3. The molecular formula is C16H21N5O3. The Bertz CT molecular complexity index is 657. The van der Waals surface area contributed by atoms with Crippen molar-refractivity contribution in [3.8, 4) is 0 Å². The summed E-state index contributed by atoms with van der Waals surface area (Å²) in [6.07, 6.45) is 5.65. The van der Waals surface area contributed by atoms with Gasteiger partial charge in [0.25, 0.3) is 0 Å². The molecule has 1 saturated carbocycles. The van der Waals surface area contributed by atoms with Crippen molar-refractivity contribution in [3.05, 3.63) is 41.8 Å². The van der Waals surface area contributed by atoms with E-state index >= 15 is 0 Å². The summed E-state index contributed by atoms with van der Waals surface area (Å²) in [5, 5.41) is 6.73. The monoisotopic (exact) mass is 331 g/mol. The number of carbonyl (C=O) groups excluding carboxylic acids is 1. The number of hydrogen-bond acceptors (Lipinski definition) is 6. The van der Waals surface area contributed by atoms with Crippen LogP contribution < -0.4 is 5.32 Å². The summed E-state index contributed by atoms with van der Waals surface area (Å²) >= 11 is 0. The van der Waals surface area contributed by atoms with Crippen LogP contribution in [0.3, 0.4) is 0 Å². The molecule has 1 N–H and O–H groups in total. The molecule has 1 fully saturated rings. The van der Waals surface area contributed by atoms with Crippen molar-refractivity contribution >= 4 is 6.03 Å². The van der Waals surface area contributed by atoms with Crippen LogP contribution in [-0.2, 0) is 17.8 Å². The fourth-order valence-corrected chi connectivity index (χ4v) is 2.27. The van der Waals surface area contributed by atoms with E-state index in [0.29, 0.717) is 37.3 Å². The zero-order valence-corrected chi connectivity index (χ0v) is 13.6. The van der Waals surface area contributed by atoms with Gasteiger partial charge >= 0.3 is 6.03 Å². The van der Waals surface area contributed by atoms with E-state index in [1.54, 1.807) is 24.4 Å². The minimum absolute atomic E-state index is 0.200. The number of nitrogens with zero attached hydrogens (tertiary/aromatic N) is 4. The number of carbonyl (C=O) groups is 1. The van der Waals surface area contributed by atoms with Crippen molar-refractivity contribution in [1.82, 2.24) is 25.3 Å². The molecule has 0 radical (unpaired) electrons. The molecule has 0 aliphatic heterocycles. The number of methoxy groups -OCH3 is 1. The van der Waals surface area contributed by atoms with Crippen molar-refractivity contribution < 1.29 is 14.1 Å². The molecule has 3 rings (SSSR count). The quantitative estimate of drug-likeness (QED) is 0.791. The first-order valence-corrected chi connectivity index (χ1v) is 7.99. The normalized spacial score (nSPS) is 13.7. The third-order valence-electron chi connectivity index (χ3n) is 3.76. The van der Waals surface area contributed by atoms with Crippen LogP contribution in [0, 0.1) is 0 Å². The smallest absolute Gasteiger partial charge is 0.318 e. The highest BCUT2D eigenvalue weighted by Gasteiger charge is 2.29. The molecule has 0 saturated heterocycles. The number of rotatable bonds is 8. The van der Waals surface area contributed by atoms with E-state index in [9.17, 15) is 4.79 Å². The highest BCUT2D eigenvalue weighted by Crippen LogP contribution is 2.38. The minimum atomic E-state index is -0.200. The molecule has 128 valence electrons. The van der Waals surface area contributed by atoms with E-state index in [1.807, 2.05) is 12.1 Å². The molecule has 0 aromatic carbocycles. The second-order valence-corrected chi connectivity index (χ2v) is 5.76. The minimum Gasteiger partial charge on any atom is -0.383 e. The van der Waals surface area contributed by atoms with E-state index < -0.39 is 0 Å². The Morgan fingerprint density at radius 3 is 3.08 bits per heavy atom. The number of ether oxygens (including phenoxy) is 1. The van der Waals surface area contributed by atoms with E-state index in [1.165, 1.54) is 0 Å². The number of hydrogen-bond donors (Lipinski definition) is 1. The second kappa shape index (κ2) is 7.87. The summed E-state index contributed by atoms with van der Waals surface area (Å²) < 4.78 is 10.3. The Hall–Kier alpha value is -2.48. The van der Waals surface area contributed by atoms with Gasteiger partial charge in [-0.05, 0) is 24.5 Å². The summed E-state index contributed by atoms with van der Waals surface area (Å²) in [5.41, 5.74) is 0.958. The molecule has 0 atom stereocenters. The van der Waals surface area contributed by atoms with Crippen LogP contribution in [0.4, 0.5) is 4.79 Å². The topological polar surface area (TPSA) is 93.4 Å². The van der Waals surface area contributed by atoms with Crippen LogP contribution in [0.15, 0.2) is 29.0 Å². The highest BCUT2D eigenvalue weighted by molar-refractivity contribution is 5.74. The van der Waals surface area contributed by atoms with Crippen molar-refractivity contribution in [2.45, 2.75) is 31.8 Å². The predicted molar refractivity (Wildman–Crippen MR) is 85.0 cm³/mol. The first kappa shape index (κ1) is 16.4. The molecule has 2 aromatic heterocycles. The molecule has 2 amide bonds. The summed E-state index contributed by atoms with van der Waals surface area (Å²) in [4.78, 5) is 22.5. The molecular weight excluding hydrogens is 310 g/mol. The van der Waals surface area contributed by atoms with Gasteiger partial charge in [-0.15, -0.1) is 0 Å². The molecule has 2 heterocycles. The van der Waals surface area contributed by atoms with Crippen LogP contribution in [0.1, 0.15) is 36.0 Å². The number of nitrogens with one attached hydrogen (secondary N) is 1. The lowest BCUT2D eigenvalue weighted by Crippen LogP contribution is -2.41. The Balaban J connectivity index is 1.55. The van der Waals surface area contributed by atoms with Gasteiger partial charge in [-0.1, -0.05) is 11.2 Å². The Kier molecular flexibility index (Phi) is 5.37. The lowest BCUT2D eigenvalue weighted by atomic mass is 10.2. The summed E-state index contributed by atoms with van der Waals surface area (Å²) in [7, 11) is 1.61. The third-order valence-corrected chi connectivity index (χ3v) is 3.76. The van der Waals surface area contributed by atoms with Crippen molar-refractivity contribution in [2.24, 2.45) is 0 Å². The zero-order chi connectivity index (χ0) is 16.8. The van der Waals surface area contributed by atoms with E-state index in [-0.39, 0.29) is 12.6 Å². The Labute approximate surface area is 140 Å². The lowest BCUT2D eigenvalue weighted by Gasteiger charge is -2.22. The van der Waals surface area contributed by atoms with Gasteiger partial charge in [0, 0.05) is 38.5 Å². The van der Waals surface area contributed by atoms with Crippen LogP contribution >= 0.6 is 0 Å². The van der Waals surface area contributed by atoms with E-state index in [2.05, 4.69) is 20.4 Å². The fraction of sp³-hybridized carbons (Fsp3) is 0.500. The fourth-order valence-electron chi connectivity index (χ4n) is 2.27. The van der Waals surface area contributed by atoms with Gasteiger partial charge < -0.3 is 19.5 Å². The van der Waals surface area contributed by atoms with E-state index in [4.69, 9.17) is 9.26 Å². The molecule has 1 aliphatic rings. The summed E-state index contributed by atoms with van der Waals surface area (Å²) in [6.45, 7) is 1.65. The van der Waals surface area contributed by atoms with Gasteiger partial charge in [-0.2, -0.15) is 4.98 Å². The number of urea groups is 1. The standard InChI is InChI=1S/C16H21N5O3/c1-23-8-7-21(11-12-3-2-6-17-9-12)16(22)18-10-14-19-15(24-20-14)13-4-5-13/h2-3,6,9,13H,4-5,7-8,10-11H2,1H3,(H,18,22). The predicted octanol–water partition coefficient (Wildman–Crippen LogP) is 1.70. The van der Waals surface area contributed by atoms with Gasteiger partial charge in [-0.3, -0.25) is 4.98 Å².